The van der Waals surface area contributed by atoms with E-state index in [4.69, 9.17) is 16.3 Å². The first-order valence-corrected chi connectivity index (χ1v) is 8.41. The van der Waals surface area contributed by atoms with Crippen molar-refractivity contribution in [3.63, 3.8) is 0 Å². The zero-order chi connectivity index (χ0) is 16.4. The van der Waals surface area contributed by atoms with Gasteiger partial charge in [0, 0.05) is 10.1 Å². The van der Waals surface area contributed by atoms with E-state index in [0.29, 0.717) is 9.90 Å². The van der Waals surface area contributed by atoms with Crippen molar-refractivity contribution < 1.29 is 9.53 Å². The number of hydrogen-bond donors (Lipinski definition) is 1. The molecule has 0 saturated heterocycles. The molecular weight excluding hydrogens is 330 g/mol. The Morgan fingerprint density at radius 1 is 1.22 bits per heavy atom. The van der Waals surface area contributed by atoms with E-state index in [1.165, 1.54) is 11.3 Å². The molecule has 0 aliphatic heterocycles. The third kappa shape index (κ3) is 3.19. The largest absolute Gasteiger partial charge is 0.497 e. The average molecular weight is 346 g/mol. The van der Waals surface area contributed by atoms with Crippen LogP contribution in [0.2, 0.25) is 5.02 Å². The molecule has 3 aromatic rings. The van der Waals surface area contributed by atoms with Crippen molar-refractivity contribution in [1.29, 1.82) is 0 Å². The first-order chi connectivity index (χ1) is 11.1. The highest BCUT2D eigenvalue weighted by atomic mass is 35.5. The van der Waals surface area contributed by atoms with Gasteiger partial charge in [0.25, 0.3) is 5.91 Å². The van der Waals surface area contributed by atoms with Gasteiger partial charge in [0.1, 0.15) is 10.6 Å². The monoisotopic (exact) mass is 345 g/mol. The molecule has 0 saturated carbocycles. The van der Waals surface area contributed by atoms with Gasteiger partial charge in [-0.05, 0) is 30.7 Å². The second-order valence-electron chi connectivity index (χ2n) is 5.21. The summed E-state index contributed by atoms with van der Waals surface area (Å²) in [6.45, 7) is 1.96. The molecule has 2 aromatic carbocycles. The molecule has 1 aromatic heterocycles. The third-order valence-corrected chi connectivity index (χ3v) is 5.35. The molecule has 0 spiro atoms. The first kappa shape index (κ1) is 15.8. The number of nitrogens with one attached hydrogen (secondary N) is 1. The van der Waals surface area contributed by atoms with Crippen LogP contribution < -0.4 is 10.1 Å². The Morgan fingerprint density at radius 2 is 1.96 bits per heavy atom. The molecule has 0 bridgehead atoms. The number of amides is 1. The predicted molar refractivity (Wildman–Crippen MR) is 95.7 cm³/mol. The predicted octanol–water partition coefficient (Wildman–Crippen LogP) is 5.05. The number of fused-ring (bicyclic) bond motifs is 1. The molecule has 1 unspecified atom stereocenters. The van der Waals surface area contributed by atoms with Crippen LogP contribution in [0.25, 0.3) is 10.1 Å². The number of rotatable bonds is 4. The molecule has 118 valence electrons. The summed E-state index contributed by atoms with van der Waals surface area (Å²) in [4.78, 5) is 13.1. The van der Waals surface area contributed by atoms with Gasteiger partial charge in [-0.15, -0.1) is 11.3 Å². The van der Waals surface area contributed by atoms with Gasteiger partial charge in [0.05, 0.1) is 18.2 Å². The number of hydrogen-bond acceptors (Lipinski definition) is 3. The quantitative estimate of drug-likeness (QED) is 0.718. The second-order valence-corrected chi connectivity index (χ2v) is 6.64. The van der Waals surface area contributed by atoms with Crippen molar-refractivity contribution >= 4 is 38.9 Å². The summed E-state index contributed by atoms with van der Waals surface area (Å²) in [6, 6.07) is 15.4. The fourth-order valence-corrected chi connectivity index (χ4v) is 3.85. The van der Waals surface area contributed by atoms with Gasteiger partial charge < -0.3 is 10.1 Å². The minimum atomic E-state index is -0.161. The maximum Gasteiger partial charge on any atom is 0.263 e. The summed E-state index contributed by atoms with van der Waals surface area (Å²) in [5.41, 5.74) is 1.06. The number of carbonyl (C=O) groups is 1. The van der Waals surface area contributed by atoms with Crippen LogP contribution in [0.5, 0.6) is 5.75 Å². The standard InChI is InChI=1S/C18H16ClNO2S/c1-11(12-6-4-3-5-7-12)20-18(21)17-16(19)14-9-8-13(22-2)10-15(14)23-17/h3-11H,1-2H3,(H,20,21). The van der Waals surface area contributed by atoms with Crippen molar-refractivity contribution in [2.45, 2.75) is 13.0 Å². The van der Waals surface area contributed by atoms with Gasteiger partial charge in [-0.1, -0.05) is 41.9 Å². The number of benzene rings is 2. The SMILES string of the molecule is COc1ccc2c(Cl)c(C(=O)NC(C)c3ccccc3)sc2c1. The molecule has 1 N–H and O–H groups in total. The smallest absolute Gasteiger partial charge is 0.263 e. The molecule has 0 radical (unpaired) electrons. The number of methoxy groups -OCH3 is 1. The number of ether oxygens (including phenoxy) is 1. The highest BCUT2D eigenvalue weighted by molar-refractivity contribution is 7.21. The zero-order valence-corrected chi connectivity index (χ0v) is 14.4. The summed E-state index contributed by atoms with van der Waals surface area (Å²) >= 11 is 7.76. The highest BCUT2D eigenvalue weighted by Gasteiger charge is 2.19. The lowest BCUT2D eigenvalue weighted by molar-refractivity contribution is 0.0944. The Bertz CT molecular complexity index is 845. The Labute approximate surface area is 143 Å². The van der Waals surface area contributed by atoms with E-state index in [9.17, 15) is 4.79 Å². The van der Waals surface area contributed by atoms with E-state index >= 15 is 0 Å². The molecular formula is C18H16ClNO2S. The van der Waals surface area contributed by atoms with Crippen LogP contribution >= 0.6 is 22.9 Å². The molecule has 23 heavy (non-hydrogen) atoms. The summed E-state index contributed by atoms with van der Waals surface area (Å²) in [6.07, 6.45) is 0. The average Bonchev–Trinajstić information content (AvgIpc) is 2.92. The van der Waals surface area contributed by atoms with Gasteiger partial charge in [-0.3, -0.25) is 4.79 Å². The van der Waals surface area contributed by atoms with Crippen LogP contribution in [0.15, 0.2) is 48.5 Å². The molecule has 1 atom stereocenters. The number of thiophene rings is 1. The third-order valence-electron chi connectivity index (χ3n) is 3.69. The van der Waals surface area contributed by atoms with Gasteiger partial charge in [0.2, 0.25) is 0 Å². The zero-order valence-electron chi connectivity index (χ0n) is 12.8. The Balaban J connectivity index is 1.87. The van der Waals surface area contributed by atoms with E-state index < -0.39 is 0 Å². The Kier molecular flexibility index (Phi) is 4.55. The summed E-state index contributed by atoms with van der Waals surface area (Å²) < 4.78 is 6.15. The molecule has 0 fully saturated rings. The molecule has 1 heterocycles. The Morgan fingerprint density at radius 3 is 2.65 bits per heavy atom. The fourth-order valence-electron chi connectivity index (χ4n) is 2.41. The maximum atomic E-state index is 12.6. The summed E-state index contributed by atoms with van der Waals surface area (Å²) in [5, 5.41) is 4.36. The molecule has 3 rings (SSSR count). The van der Waals surface area contributed by atoms with E-state index in [-0.39, 0.29) is 11.9 Å². The topological polar surface area (TPSA) is 38.3 Å². The highest BCUT2D eigenvalue weighted by Crippen LogP contribution is 2.37. The molecule has 3 nitrogen and oxygen atoms in total. The lowest BCUT2D eigenvalue weighted by Crippen LogP contribution is -2.26. The van der Waals surface area contributed by atoms with Crippen molar-refractivity contribution in [3.8, 4) is 5.75 Å². The summed E-state index contributed by atoms with van der Waals surface area (Å²) in [5.74, 6) is 0.589. The second kappa shape index (κ2) is 6.60. The fraction of sp³-hybridized carbons (Fsp3) is 0.167. The molecule has 0 aliphatic carbocycles. The number of halogens is 1. The van der Waals surface area contributed by atoms with Crippen molar-refractivity contribution in [2.24, 2.45) is 0 Å². The summed E-state index contributed by atoms with van der Waals surface area (Å²) in [7, 11) is 1.62. The van der Waals surface area contributed by atoms with Gasteiger partial charge in [-0.25, -0.2) is 0 Å². The van der Waals surface area contributed by atoms with E-state index in [1.807, 2.05) is 55.5 Å². The Hall–Kier alpha value is -2.04. The van der Waals surface area contributed by atoms with Gasteiger partial charge in [0.15, 0.2) is 0 Å². The van der Waals surface area contributed by atoms with Crippen molar-refractivity contribution in [2.75, 3.05) is 7.11 Å². The maximum absolute atomic E-state index is 12.6. The van der Waals surface area contributed by atoms with Crippen molar-refractivity contribution in [3.05, 3.63) is 64.0 Å². The van der Waals surface area contributed by atoms with E-state index in [2.05, 4.69) is 5.32 Å². The van der Waals surface area contributed by atoms with Crippen LogP contribution in [-0.4, -0.2) is 13.0 Å². The minimum absolute atomic E-state index is 0.0838. The van der Waals surface area contributed by atoms with E-state index in [0.717, 1.165) is 21.4 Å². The lowest BCUT2D eigenvalue weighted by Gasteiger charge is -2.13. The first-order valence-electron chi connectivity index (χ1n) is 7.22. The van der Waals surface area contributed by atoms with Crippen LogP contribution in [-0.2, 0) is 0 Å². The van der Waals surface area contributed by atoms with Crippen LogP contribution in [0.4, 0.5) is 0 Å². The van der Waals surface area contributed by atoms with Crippen LogP contribution in [0, 0.1) is 0 Å². The van der Waals surface area contributed by atoms with Gasteiger partial charge in [-0.2, -0.15) is 0 Å². The molecule has 0 aliphatic rings. The normalized spacial score (nSPS) is 12.1. The lowest BCUT2D eigenvalue weighted by atomic mass is 10.1. The van der Waals surface area contributed by atoms with Crippen molar-refractivity contribution in [1.82, 2.24) is 5.32 Å². The molecule has 1 amide bonds. The van der Waals surface area contributed by atoms with Gasteiger partial charge >= 0.3 is 0 Å². The minimum Gasteiger partial charge on any atom is -0.497 e. The van der Waals surface area contributed by atoms with Crippen LogP contribution in [0.1, 0.15) is 28.2 Å². The number of carbonyl (C=O) groups excluding carboxylic acids is 1. The van der Waals surface area contributed by atoms with E-state index in [1.54, 1.807) is 7.11 Å². The van der Waals surface area contributed by atoms with Crippen LogP contribution in [0.3, 0.4) is 0 Å². The molecule has 5 heteroatoms.